The van der Waals surface area contributed by atoms with Crippen LogP contribution in [0.5, 0.6) is 0 Å². The highest BCUT2D eigenvalue weighted by atomic mass is 15.1. The summed E-state index contributed by atoms with van der Waals surface area (Å²) in [6.45, 7) is 6.76. The summed E-state index contributed by atoms with van der Waals surface area (Å²) < 4.78 is 4.96. The molecule has 0 spiro atoms. The van der Waals surface area contributed by atoms with Gasteiger partial charge in [0.1, 0.15) is 18.9 Å². The van der Waals surface area contributed by atoms with Gasteiger partial charge in [-0.25, -0.2) is 9.13 Å². The molecule has 2 aromatic rings. The van der Waals surface area contributed by atoms with Crippen molar-refractivity contribution in [3.8, 4) is 0 Å². The van der Waals surface area contributed by atoms with Crippen molar-refractivity contribution in [2.24, 2.45) is 0 Å². The average molecular weight is 454 g/mol. The molecule has 0 saturated carbocycles. The Labute approximate surface area is 205 Å². The van der Waals surface area contributed by atoms with E-state index in [1.807, 2.05) is 0 Å². The minimum Gasteiger partial charge on any atom is -0.234 e. The van der Waals surface area contributed by atoms with Crippen LogP contribution in [0.1, 0.15) is 134 Å². The zero-order valence-electron chi connectivity index (χ0n) is 22.1. The third-order valence-electron chi connectivity index (χ3n) is 7.01. The van der Waals surface area contributed by atoms with Crippen molar-refractivity contribution in [1.82, 2.24) is 4.57 Å². The van der Waals surface area contributed by atoms with Gasteiger partial charge in [-0.2, -0.15) is 0 Å². The average Bonchev–Trinajstić information content (AvgIpc) is 3.20. The summed E-state index contributed by atoms with van der Waals surface area (Å²) in [6, 6.07) is 10.8. The van der Waals surface area contributed by atoms with Gasteiger partial charge in [0.15, 0.2) is 0 Å². The highest BCUT2D eigenvalue weighted by Gasteiger charge is 2.16. The maximum absolute atomic E-state index is 2.51. The third-order valence-corrected chi connectivity index (χ3v) is 7.01. The van der Waals surface area contributed by atoms with Crippen LogP contribution < -0.4 is 4.57 Å². The first-order chi connectivity index (χ1) is 16.3. The van der Waals surface area contributed by atoms with Gasteiger partial charge < -0.3 is 0 Å². The first kappa shape index (κ1) is 27.7. The van der Waals surface area contributed by atoms with Gasteiger partial charge in [-0.15, -0.1) is 0 Å². The van der Waals surface area contributed by atoms with Gasteiger partial charge in [0.05, 0.1) is 6.54 Å². The Hall–Kier alpha value is -1.57. The zero-order chi connectivity index (χ0) is 23.4. The summed E-state index contributed by atoms with van der Waals surface area (Å²) >= 11 is 0. The number of hydrogen-bond acceptors (Lipinski definition) is 0. The molecule has 0 N–H and O–H groups in total. The molecule has 0 fully saturated rings. The second-order valence-electron chi connectivity index (χ2n) is 10.1. The highest BCUT2D eigenvalue weighted by Crippen LogP contribution is 2.14. The van der Waals surface area contributed by atoms with E-state index >= 15 is 0 Å². The second kappa shape index (κ2) is 18.8. The summed E-state index contributed by atoms with van der Waals surface area (Å²) in [7, 11) is 0. The molecule has 2 nitrogen and oxygen atoms in total. The number of rotatable bonds is 21. The van der Waals surface area contributed by atoms with Gasteiger partial charge >= 0.3 is 0 Å². The molecular formula is C31H53N2+. The molecule has 0 atom stereocenters. The van der Waals surface area contributed by atoms with E-state index in [4.69, 9.17) is 0 Å². The Kier molecular flexibility index (Phi) is 15.8. The molecule has 2 heteroatoms. The number of aryl methyl sites for hydroxylation is 1. The van der Waals surface area contributed by atoms with Crippen LogP contribution in [0.4, 0.5) is 0 Å². The van der Waals surface area contributed by atoms with Crippen LogP contribution in [0.15, 0.2) is 42.7 Å². The molecule has 0 saturated heterocycles. The predicted molar refractivity (Wildman–Crippen MR) is 144 cm³/mol. The minimum atomic E-state index is 0.988. The van der Waals surface area contributed by atoms with Crippen molar-refractivity contribution in [3.63, 3.8) is 0 Å². The van der Waals surface area contributed by atoms with E-state index in [1.54, 1.807) is 0 Å². The maximum Gasteiger partial charge on any atom is 0.256 e. The van der Waals surface area contributed by atoms with Crippen molar-refractivity contribution >= 4 is 0 Å². The molecule has 0 aliphatic rings. The molecule has 0 aliphatic carbocycles. The van der Waals surface area contributed by atoms with Crippen LogP contribution in [0.25, 0.3) is 0 Å². The SMILES string of the molecule is CCCCCCCCCCCCCCCCCCn1cc[n+](Cc2ccccc2)c1CCC. The highest BCUT2D eigenvalue weighted by molar-refractivity contribution is 5.13. The fraction of sp³-hybridized carbons (Fsp3) is 0.710. The summed E-state index contributed by atoms with van der Waals surface area (Å²) in [6.07, 6.45) is 29.9. The molecule has 2 rings (SSSR count). The Morgan fingerprint density at radius 3 is 1.64 bits per heavy atom. The standard InChI is InChI=1S/C31H53N2/c1-3-5-6-7-8-9-10-11-12-13-14-15-16-17-18-22-26-32-27-28-33(31(32)23-4-2)29-30-24-20-19-21-25-30/h19-21,24-25,27-28H,3-18,22-23,26,29H2,1-2H3/q+1. The molecular weight excluding hydrogens is 400 g/mol. The van der Waals surface area contributed by atoms with E-state index in [9.17, 15) is 0 Å². The summed E-state index contributed by atoms with van der Waals surface area (Å²) in [4.78, 5) is 0. The van der Waals surface area contributed by atoms with Crippen molar-refractivity contribution in [1.29, 1.82) is 0 Å². The van der Waals surface area contributed by atoms with Crippen LogP contribution in [0.3, 0.4) is 0 Å². The maximum atomic E-state index is 2.51. The summed E-state index contributed by atoms with van der Waals surface area (Å²) in [5, 5.41) is 0. The number of hydrogen-bond donors (Lipinski definition) is 0. The van der Waals surface area contributed by atoms with Crippen LogP contribution in [0, 0.1) is 0 Å². The first-order valence-corrected chi connectivity index (χ1v) is 14.5. The lowest BCUT2D eigenvalue weighted by Gasteiger charge is -2.06. The number of imidazole rings is 1. The van der Waals surface area contributed by atoms with Gasteiger partial charge in [0, 0.05) is 6.42 Å². The topological polar surface area (TPSA) is 8.81 Å². The number of nitrogens with zero attached hydrogens (tertiary/aromatic N) is 2. The van der Waals surface area contributed by atoms with Gasteiger partial charge in [0.25, 0.3) is 5.82 Å². The van der Waals surface area contributed by atoms with Crippen LogP contribution in [-0.2, 0) is 19.5 Å². The molecule has 0 unspecified atom stereocenters. The Bertz CT molecular complexity index is 688. The zero-order valence-corrected chi connectivity index (χ0v) is 22.1. The summed E-state index contributed by atoms with van der Waals surface area (Å²) in [5.74, 6) is 1.49. The molecule has 0 radical (unpaired) electrons. The van der Waals surface area contributed by atoms with Gasteiger partial charge in [0.2, 0.25) is 0 Å². The molecule has 33 heavy (non-hydrogen) atoms. The lowest BCUT2D eigenvalue weighted by molar-refractivity contribution is -0.695. The molecule has 0 bridgehead atoms. The van der Waals surface area contributed by atoms with Crippen LogP contribution in [0.2, 0.25) is 0 Å². The number of unbranched alkanes of at least 4 members (excludes halogenated alkanes) is 15. The Balaban J connectivity index is 1.48. The Morgan fingerprint density at radius 1 is 0.606 bits per heavy atom. The van der Waals surface area contributed by atoms with Crippen molar-refractivity contribution in [2.75, 3.05) is 0 Å². The van der Waals surface area contributed by atoms with Gasteiger partial charge in [-0.1, -0.05) is 134 Å². The quantitative estimate of drug-likeness (QED) is 0.132. The molecule has 186 valence electrons. The lowest BCUT2D eigenvalue weighted by Crippen LogP contribution is -2.37. The van der Waals surface area contributed by atoms with Crippen LogP contribution in [-0.4, -0.2) is 4.57 Å². The molecule has 0 aliphatic heterocycles. The van der Waals surface area contributed by atoms with Crippen molar-refractivity contribution in [3.05, 3.63) is 54.1 Å². The van der Waals surface area contributed by atoms with E-state index in [1.165, 1.54) is 134 Å². The first-order valence-electron chi connectivity index (χ1n) is 14.5. The smallest absolute Gasteiger partial charge is 0.234 e. The fourth-order valence-corrected chi connectivity index (χ4v) is 4.97. The summed E-state index contributed by atoms with van der Waals surface area (Å²) in [5.41, 5.74) is 1.39. The molecule has 0 amide bonds. The molecule has 1 heterocycles. The monoisotopic (exact) mass is 453 g/mol. The fourth-order valence-electron chi connectivity index (χ4n) is 4.97. The second-order valence-corrected chi connectivity index (χ2v) is 10.1. The third kappa shape index (κ3) is 12.5. The molecule has 1 aromatic heterocycles. The number of aromatic nitrogens is 2. The van der Waals surface area contributed by atoms with E-state index in [2.05, 4.69) is 65.7 Å². The van der Waals surface area contributed by atoms with E-state index in [0.29, 0.717) is 0 Å². The van der Waals surface area contributed by atoms with Crippen molar-refractivity contribution < 1.29 is 4.57 Å². The minimum absolute atomic E-state index is 0.988. The number of benzene rings is 1. The molecule has 1 aromatic carbocycles. The van der Waals surface area contributed by atoms with Gasteiger partial charge in [-0.3, -0.25) is 0 Å². The van der Waals surface area contributed by atoms with E-state index < -0.39 is 0 Å². The van der Waals surface area contributed by atoms with E-state index in [-0.39, 0.29) is 0 Å². The lowest BCUT2D eigenvalue weighted by atomic mass is 10.0. The normalized spacial score (nSPS) is 11.3. The predicted octanol–water partition coefficient (Wildman–Crippen LogP) is 9.04. The van der Waals surface area contributed by atoms with Crippen LogP contribution >= 0.6 is 0 Å². The van der Waals surface area contributed by atoms with E-state index in [0.717, 1.165) is 6.54 Å². The Morgan fingerprint density at radius 2 is 1.12 bits per heavy atom. The van der Waals surface area contributed by atoms with Crippen molar-refractivity contribution in [2.45, 2.75) is 143 Å². The largest absolute Gasteiger partial charge is 0.256 e. The van der Waals surface area contributed by atoms with Gasteiger partial charge in [-0.05, 0) is 24.8 Å².